The predicted molar refractivity (Wildman–Crippen MR) is 90.4 cm³/mol. The van der Waals surface area contributed by atoms with Crippen LogP contribution in [0.5, 0.6) is 0 Å². The lowest BCUT2D eigenvalue weighted by Gasteiger charge is -2.21. The molecule has 0 heterocycles. The van der Waals surface area contributed by atoms with Crippen LogP contribution in [0.25, 0.3) is 0 Å². The van der Waals surface area contributed by atoms with Crippen molar-refractivity contribution in [3.63, 3.8) is 0 Å². The van der Waals surface area contributed by atoms with Gasteiger partial charge in [-0.1, -0.05) is 25.3 Å². The molecule has 1 aromatic rings. The van der Waals surface area contributed by atoms with E-state index in [1.54, 1.807) is 0 Å². The van der Waals surface area contributed by atoms with Gasteiger partial charge in [0.15, 0.2) is 0 Å². The molecule has 0 atom stereocenters. The molecule has 1 N–H and O–H groups in total. The van der Waals surface area contributed by atoms with E-state index in [9.17, 15) is 13.2 Å². The monoisotopic (exact) mass is 355 g/mol. The van der Waals surface area contributed by atoms with Gasteiger partial charge in [-0.25, -0.2) is 17.9 Å². The number of methoxy groups -OCH3 is 1. The summed E-state index contributed by atoms with van der Waals surface area (Å²) in [6.07, 6.45) is 6.86. The third-order valence-electron chi connectivity index (χ3n) is 4.08. The van der Waals surface area contributed by atoms with Gasteiger partial charge in [0.05, 0.1) is 23.7 Å². The summed E-state index contributed by atoms with van der Waals surface area (Å²) in [7, 11) is -2.39. The lowest BCUT2D eigenvalue weighted by molar-refractivity contribution is 0.0278. The van der Waals surface area contributed by atoms with Gasteiger partial charge >= 0.3 is 5.97 Å². The zero-order valence-corrected chi connectivity index (χ0v) is 14.8. The Morgan fingerprint density at radius 2 is 2.00 bits per heavy atom. The Hall–Kier alpha value is -1.44. The summed E-state index contributed by atoms with van der Waals surface area (Å²) in [4.78, 5) is 11.5. The van der Waals surface area contributed by atoms with E-state index in [-0.39, 0.29) is 10.5 Å². The van der Waals surface area contributed by atoms with E-state index < -0.39 is 16.0 Å². The highest BCUT2D eigenvalue weighted by Gasteiger charge is 2.17. The minimum atomic E-state index is -3.64. The average molecular weight is 355 g/mol. The van der Waals surface area contributed by atoms with Crippen molar-refractivity contribution >= 4 is 16.0 Å². The molecule has 0 unspecified atom stereocenters. The molecular weight excluding hydrogens is 330 g/mol. The maximum Gasteiger partial charge on any atom is 0.337 e. The molecule has 0 aliphatic heterocycles. The van der Waals surface area contributed by atoms with Crippen molar-refractivity contribution in [3.05, 3.63) is 29.8 Å². The molecule has 0 amide bonds. The van der Waals surface area contributed by atoms with Gasteiger partial charge in [0, 0.05) is 13.2 Å². The van der Waals surface area contributed by atoms with E-state index in [0.29, 0.717) is 25.7 Å². The van der Waals surface area contributed by atoms with Crippen LogP contribution in [0, 0.1) is 0 Å². The van der Waals surface area contributed by atoms with Crippen molar-refractivity contribution in [1.29, 1.82) is 0 Å². The van der Waals surface area contributed by atoms with Crippen LogP contribution in [-0.2, 0) is 19.5 Å². The maximum absolute atomic E-state index is 12.3. The first-order valence-electron chi connectivity index (χ1n) is 8.32. The van der Waals surface area contributed by atoms with Gasteiger partial charge in [-0.05, 0) is 37.5 Å². The number of esters is 1. The van der Waals surface area contributed by atoms with E-state index in [4.69, 9.17) is 4.74 Å². The molecule has 1 saturated carbocycles. The van der Waals surface area contributed by atoms with Crippen LogP contribution < -0.4 is 4.72 Å². The Kier molecular flexibility index (Phi) is 7.20. The number of carbonyl (C=O) groups excluding carboxylic acids is 1. The zero-order valence-electron chi connectivity index (χ0n) is 14.0. The first-order valence-corrected chi connectivity index (χ1v) is 9.81. The molecule has 0 aromatic heterocycles. The number of hydrogen-bond acceptors (Lipinski definition) is 5. The van der Waals surface area contributed by atoms with E-state index >= 15 is 0 Å². The first-order chi connectivity index (χ1) is 11.5. The second-order valence-corrected chi connectivity index (χ2v) is 7.67. The van der Waals surface area contributed by atoms with Crippen molar-refractivity contribution in [2.75, 3.05) is 20.3 Å². The second kappa shape index (κ2) is 9.15. The molecule has 1 aromatic carbocycles. The average Bonchev–Trinajstić information content (AvgIpc) is 2.61. The van der Waals surface area contributed by atoms with Gasteiger partial charge in [0.25, 0.3) is 0 Å². The summed E-state index contributed by atoms with van der Waals surface area (Å²) in [5, 5.41) is 0. The molecule has 1 fully saturated rings. The summed E-state index contributed by atoms with van der Waals surface area (Å²) < 4.78 is 37.4. The number of carbonyl (C=O) groups is 1. The van der Waals surface area contributed by atoms with E-state index in [2.05, 4.69) is 9.46 Å². The summed E-state index contributed by atoms with van der Waals surface area (Å²) in [6.45, 7) is 0.854. The van der Waals surface area contributed by atoms with Gasteiger partial charge in [0.1, 0.15) is 0 Å². The fourth-order valence-electron chi connectivity index (χ4n) is 2.75. The van der Waals surface area contributed by atoms with Crippen LogP contribution in [0.3, 0.4) is 0 Å². The molecule has 0 radical (unpaired) electrons. The molecule has 1 aliphatic carbocycles. The summed E-state index contributed by atoms with van der Waals surface area (Å²) >= 11 is 0. The standard InChI is InChI=1S/C17H25NO5S/c1-22-17(19)14-7-5-10-16(13-14)24(20,21)18-11-6-12-23-15-8-3-2-4-9-15/h5,7,10,13,15,18H,2-4,6,8-9,11-12H2,1H3. The van der Waals surface area contributed by atoms with Crippen molar-refractivity contribution in [3.8, 4) is 0 Å². The summed E-state index contributed by atoms with van der Waals surface area (Å²) in [5.41, 5.74) is 0.209. The molecule has 0 bridgehead atoms. The fraction of sp³-hybridized carbons (Fsp3) is 0.588. The largest absolute Gasteiger partial charge is 0.465 e. The SMILES string of the molecule is COC(=O)c1cccc(S(=O)(=O)NCCCOC2CCCCC2)c1. The van der Waals surface area contributed by atoms with Crippen LogP contribution >= 0.6 is 0 Å². The Labute approximate surface area is 143 Å². The van der Waals surface area contributed by atoms with Gasteiger partial charge in [0.2, 0.25) is 10.0 Å². The molecule has 1 aliphatic rings. The van der Waals surface area contributed by atoms with Gasteiger partial charge < -0.3 is 9.47 Å². The second-order valence-electron chi connectivity index (χ2n) is 5.90. The van der Waals surface area contributed by atoms with E-state index in [1.807, 2.05) is 0 Å². The highest BCUT2D eigenvalue weighted by Crippen LogP contribution is 2.20. The lowest BCUT2D eigenvalue weighted by Crippen LogP contribution is -2.26. The lowest BCUT2D eigenvalue weighted by atomic mass is 9.98. The highest BCUT2D eigenvalue weighted by molar-refractivity contribution is 7.89. The molecule has 7 heteroatoms. The molecule has 6 nitrogen and oxygen atoms in total. The molecule has 2 rings (SSSR count). The number of nitrogens with one attached hydrogen (secondary N) is 1. The van der Waals surface area contributed by atoms with Crippen LogP contribution in [0.2, 0.25) is 0 Å². The fourth-order valence-corrected chi connectivity index (χ4v) is 3.87. The smallest absolute Gasteiger partial charge is 0.337 e. The topological polar surface area (TPSA) is 81.7 Å². The van der Waals surface area contributed by atoms with Crippen molar-refractivity contribution in [2.45, 2.75) is 49.5 Å². The molecule has 24 heavy (non-hydrogen) atoms. The normalized spacial score (nSPS) is 16.0. The predicted octanol–water partition coefficient (Wildman–Crippen LogP) is 2.49. The Morgan fingerprint density at radius 3 is 2.71 bits per heavy atom. The first kappa shape index (κ1) is 18.9. The van der Waals surface area contributed by atoms with Crippen LogP contribution in [0.15, 0.2) is 29.2 Å². The van der Waals surface area contributed by atoms with Crippen LogP contribution in [0.4, 0.5) is 0 Å². The number of ether oxygens (including phenoxy) is 2. The Morgan fingerprint density at radius 1 is 1.25 bits per heavy atom. The third-order valence-corrected chi connectivity index (χ3v) is 5.54. The van der Waals surface area contributed by atoms with Crippen molar-refractivity contribution < 1.29 is 22.7 Å². The van der Waals surface area contributed by atoms with Gasteiger partial charge in [-0.2, -0.15) is 0 Å². The zero-order chi connectivity index (χ0) is 17.4. The van der Waals surface area contributed by atoms with Gasteiger partial charge in [-0.15, -0.1) is 0 Å². The van der Waals surface area contributed by atoms with Crippen molar-refractivity contribution in [1.82, 2.24) is 4.72 Å². The van der Waals surface area contributed by atoms with E-state index in [1.165, 1.54) is 50.6 Å². The number of rotatable bonds is 8. The number of sulfonamides is 1. The summed E-state index contributed by atoms with van der Waals surface area (Å²) in [6, 6.07) is 5.80. The molecule has 134 valence electrons. The number of benzene rings is 1. The van der Waals surface area contributed by atoms with Crippen molar-refractivity contribution in [2.24, 2.45) is 0 Å². The minimum absolute atomic E-state index is 0.0543. The minimum Gasteiger partial charge on any atom is -0.465 e. The summed E-state index contributed by atoms with van der Waals surface area (Å²) in [5.74, 6) is -0.562. The quantitative estimate of drug-likeness (QED) is 0.572. The Bertz CT molecular complexity index is 638. The van der Waals surface area contributed by atoms with Crippen LogP contribution in [-0.4, -0.2) is 40.8 Å². The number of hydrogen-bond donors (Lipinski definition) is 1. The molecule has 0 saturated heterocycles. The third kappa shape index (κ3) is 5.58. The van der Waals surface area contributed by atoms with Gasteiger partial charge in [-0.3, -0.25) is 0 Å². The molecule has 0 spiro atoms. The van der Waals surface area contributed by atoms with E-state index in [0.717, 1.165) is 12.8 Å². The Balaban J connectivity index is 1.79. The highest BCUT2D eigenvalue weighted by atomic mass is 32.2. The molecular formula is C17H25NO5S. The van der Waals surface area contributed by atoms with Crippen LogP contribution in [0.1, 0.15) is 48.9 Å². The maximum atomic E-state index is 12.3.